The molecule has 0 spiro atoms. The molecule has 1 amide bonds. The van der Waals surface area contributed by atoms with E-state index >= 15 is 0 Å². The van der Waals surface area contributed by atoms with Gasteiger partial charge in [0.05, 0.1) is 6.04 Å². The summed E-state index contributed by atoms with van der Waals surface area (Å²) < 4.78 is 26.7. The van der Waals surface area contributed by atoms with Gasteiger partial charge in [-0.05, 0) is 19.1 Å². The molecule has 0 saturated heterocycles. The molecule has 1 unspecified atom stereocenters. The monoisotopic (exact) mass is 291 g/mol. The lowest BCUT2D eigenvalue weighted by molar-refractivity contribution is -0.121. The molecule has 0 aromatic heterocycles. The quantitative estimate of drug-likeness (QED) is 0.849. The van der Waals surface area contributed by atoms with Crippen molar-refractivity contribution in [1.29, 1.82) is 0 Å². The number of hydrogen-bond acceptors (Lipinski definition) is 1. The van der Waals surface area contributed by atoms with Gasteiger partial charge in [0.25, 0.3) is 0 Å². The zero-order valence-corrected chi connectivity index (χ0v) is 10.4. The van der Waals surface area contributed by atoms with Crippen LogP contribution in [-0.2, 0) is 4.79 Å². The van der Waals surface area contributed by atoms with Crippen LogP contribution in [0.25, 0.3) is 0 Å². The summed E-state index contributed by atoms with van der Waals surface area (Å²) in [5, 5.41) is 3.05. The van der Waals surface area contributed by atoms with Crippen molar-refractivity contribution in [3.63, 3.8) is 0 Å². The molecule has 0 aliphatic heterocycles. The summed E-state index contributed by atoms with van der Waals surface area (Å²) >= 11 is 3.12. The smallest absolute Gasteiger partial charge is 0.221 e. The molecule has 0 saturated carbocycles. The number of alkyl halides is 1. The first-order valence-electron chi connectivity index (χ1n) is 4.85. The number of carbonyl (C=O) groups excluding carboxylic acids is 1. The summed E-state index contributed by atoms with van der Waals surface area (Å²) in [7, 11) is 0. The van der Waals surface area contributed by atoms with Gasteiger partial charge >= 0.3 is 0 Å². The van der Waals surface area contributed by atoms with Crippen LogP contribution >= 0.6 is 15.9 Å². The molecule has 5 heteroatoms. The minimum absolute atomic E-state index is 0.106. The van der Waals surface area contributed by atoms with E-state index in [9.17, 15) is 13.6 Å². The van der Waals surface area contributed by atoms with E-state index in [1.54, 1.807) is 6.92 Å². The van der Waals surface area contributed by atoms with Gasteiger partial charge in [-0.25, -0.2) is 8.78 Å². The maximum Gasteiger partial charge on any atom is 0.221 e. The van der Waals surface area contributed by atoms with Crippen LogP contribution in [0.15, 0.2) is 18.2 Å². The van der Waals surface area contributed by atoms with Crippen LogP contribution in [0.2, 0.25) is 0 Å². The van der Waals surface area contributed by atoms with Gasteiger partial charge in [0.2, 0.25) is 5.91 Å². The standard InChI is InChI=1S/C11H12BrF2NO/c1-7(15-10(16)5-6-12)11-8(13)3-2-4-9(11)14/h2-4,7H,5-6H2,1H3,(H,15,16). The maximum absolute atomic E-state index is 13.3. The fourth-order valence-corrected chi connectivity index (χ4v) is 1.76. The van der Waals surface area contributed by atoms with Crippen molar-refractivity contribution in [1.82, 2.24) is 5.32 Å². The topological polar surface area (TPSA) is 29.1 Å². The molecule has 88 valence electrons. The van der Waals surface area contributed by atoms with E-state index < -0.39 is 17.7 Å². The third kappa shape index (κ3) is 3.27. The minimum atomic E-state index is -0.673. The Morgan fingerprint density at radius 2 is 2.00 bits per heavy atom. The lowest BCUT2D eigenvalue weighted by atomic mass is 10.1. The fraction of sp³-hybridized carbons (Fsp3) is 0.364. The third-order valence-corrected chi connectivity index (χ3v) is 2.53. The summed E-state index contributed by atoms with van der Waals surface area (Å²) in [6.07, 6.45) is 0.278. The molecule has 0 aliphatic carbocycles. The molecule has 0 radical (unpaired) electrons. The average molecular weight is 292 g/mol. The van der Waals surface area contributed by atoms with E-state index in [4.69, 9.17) is 0 Å². The zero-order chi connectivity index (χ0) is 12.1. The molecule has 1 atom stereocenters. The van der Waals surface area contributed by atoms with Gasteiger partial charge in [-0.3, -0.25) is 4.79 Å². The van der Waals surface area contributed by atoms with Crippen molar-refractivity contribution >= 4 is 21.8 Å². The van der Waals surface area contributed by atoms with Crippen molar-refractivity contribution < 1.29 is 13.6 Å². The number of benzene rings is 1. The van der Waals surface area contributed by atoms with Gasteiger partial charge in [-0.2, -0.15) is 0 Å². The highest BCUT2D eigenvalue weighted by molar-refractivity contribution is 9.09. The SMILES string of the molecule is CC(NC(=O)CCBr)c1c(F)cccc1F. The van der Waals surface area contributed by atoms with Crippen LogP contribution in [-0.4, -0.2) is 11.2 Å². The van der Waals surface area contributed by atoms with Crippen molar-refractivity contribution in [2.24, 2.45) is 0 Å². The molecule has 1 rings (SSSR count). The van der Waals surface area contributed by atoms with E-state index in [-0.39, 0.29) is 17.9 Å². The lowest BCUT2D eigenvalue weighted by Gasteiger charge is -2.15. The van der Waals surface area contributed by atoms with Crippen LogP contribution < -0.4 is 5.32 Å². The van der Waals surface area contributed by atoms with Crippen LogP contribution in [0.5, 0.6) is 0 Å². The molecule has 0 fully saturated rings. The summed E-state index contributed by atoms with van der Waals surface area (Å²) in [4.78, 5) is 11.3. The van der Waals surface area contributed by atoms with Gasteiger partial charge < -0.3 is 5.32 Å². The molecule has 0 bridgehead atoms. The van der Waals surface area contributed by atoms with Crippen LogP contribution in [0.4, 0.5) is 8.78 Å². The molecular weight excluding hydrogens is 280 g/mol. The Bertz CT molecular complexity index is 364. The number of amides is 1. The van der Waals surface area contributed by atoms with E-state index in [0.717, 1.165) is 0 Å². The average Bonchev–Trinajstić information content (AvgIpc) is 2.17. The van der Waals surface area contributed by atoms with Crippen LogP contribution in [0, 0.1) is 11.6 Å². The van der Waals surface area contributed by atoms with Gasteiger partial charge in [0, 0.05) is 17.3 Å². The Hall–Kier alpha value is -0.970. The van der Waals surface area contributed by atoms with E-state index in [2.05, 4.69) is 21.2 Å². The van der Waals surface area contributed by atoms with Crippen LogP contribution in [0.1, 0.15) is 24.9 Å². The number of halogens is 3. The molecule has 2 nitrogen and oxygen atoms in total. The number of nitrogens with one attached hydrogen (secondary N) is 1. The predicted octanol–water partition coefficient (Wildman–Crippen LogP) is 2.93. The number of hydrogen-bond donors (Lipinski definition) is 1. The first-order chi connectivity index (χ1) is 7.56. The van der Waals surface area contributed by atoms with E-state index in [1.807, 2.05) is 0 Å². The highest BCUT2D eigenvalue weighted by atomic mass is 79.9. The first-order valence-corrected chi connectivity index (χ1v) is 5.97. The van der Waals surface area contributed by atoms with Gasteiger partial charge in [-0.15, -0.1) is 0 Å². The minimum Gasteiger partial charge on any atom is -0.349 e. The molecule has 1 aromatic carbocycles. The Labute approximate surface area is 101 Å². The third-order valence-electron chi connectivity index (χ3n) is 2.13. The first kappa shape index (κ1) is 13.1. The Balaban J connectivity index is 2.80. The van der Waals surface area contributed by atoms with Gasteiger partial charge in [0.1, 0.15) is 11.6 Å². The normalized spacial score (nSPS) is 12.2. The lowest BCUT2D eigenvalue weighted by Crippen LogP contribution is -2.27. The second-order valence-electron chi connectivity index (χ2n) is 3.36. The van der Waals surface area contributed by atoms with E-state index in [1.165, 1.54) is 18.2 Å². The van der Waals surface area contributed by atoms with Crippen LogP contribution in [0.3, 0.4) is 0 Å². The van der Waals surface area contributed by atoms with Crippen molar-refractivity contribution in [2.75, 3.05) is 5.33 Å². The highest BCUT2D eigenvalue weighted by Crippen LogP contribution is 2.20. The fourth-order valence-electron chi connectivity index (χ4n) is 1.40. The van der Waals surface area contributed by atoms with Gasteiger partial charge in [-0.1, -0.05) is 22.0 Å². The second-order valence-corrected chi connectivity index (χ2v) is 4.16. The summed E-state index contributed by atoms with van der Waals surface area (Å²) in [5.74, 6) is -1.54. The summed E-state index contributed by atoms with van der Waals surface area (Å²) in [6.45, 7) is 1.55. The van der Waals surface area contributed by atoms with Crippen molar-refractivity contribution in [3.05, 3.63) is 35.4 Å². The van der Waals surface area contributed by atoms with E-state index in [0.29, 0.717) is 5.33 Å². The molecule has 0 heterocycles. The van der Waals surface area contributed by atoms with Crippen molar-refractivity contribution in [3.8, 4) is 0 Å². The maximum atomic E-state index is 13.3. The highest BCUT2D eigenvalue weighted by Gasteiger charge is 2.17. The molecule has 1 N–H and O–H groups in total. The largest absolute Gasteiger partial charge is 0.349 e. The number of rotatable bonds is 4. The van der Waals surface area contributed by atoms with Crippen molar-refractivity contribution in [2.45, 2.75) is 19.4 Å². The second kappa shape index (κ2) is 5.94. The molecule has 0 aliphatic rings. The molecular formula is C11H12BrF2NO. The summed E-state index contributed by atoms with van der Waals surface area (Å²) in [6, 6.07) is 2.96. The Morgan fingerprint density at radius 1 is 1.44 bits per heavy atom. The Morgan fingerprint density at radius 3 is 2.50 bits per heavy atom. The number of carbonyl (C=O) groups is 1. The van der Waals surface area contributed by atoms with Gasteiger partial charge in [0.15, 0.2) is 0 Å². The molecule has 16 heavy (non-hydrogen) atoms. The summed E-state index contributed by atoms with van der Waals surface area (Å²) in [5.41, 5.74) is -0.106. The predicted molar refractivity (Wildman–Crippen MR) is 61.3 cm³/mol. The molecule has 1 aromatic rings. The Kier molecular flexibility index (Phi) is 4.86. The zero-order valence-electron chi connectivity index (χ0n) is 8.77.